The third kappa shape index (κ3) is 3.73. The maximum Gasteiger partial charge on any atom is 0.227 e. The fourth-order valence-electron chi connectivity index (χ4n) is 2.62. The zero-order valence-electron chi connectivity index (χ0n) is 12.4. The second-order valence-corrected chi connectivity index (χ2v) is 5.52. The van der Waals surface area contributed by atoms with Crippen LogP contribution < -0.4 is 0 Å². The van der Waals surface area contributed by atoms with Crippen LogP contribution in [0, 0.1) is 0 Å². The number of amides is 1. The van der Waals surface area contributed by atoms with Crippen LogP contribution in [0.2, 0.25) is 0 Å². The highest BCUT2D eigenvalue weighted by Gasteiger charge is 2.23. The maximum atomic E-state index is 12.3. The second-order valence-electron chi connectivity index (χ2n) is 5.52. The first-order chi connectivity index (χ1) is 9.60. The molecule has 1 fully saturated rings. The van der Waals surface area contributed by atoms with Gasteiger partial charge in [0, 0.05) is 32.2 Å². The molecular formula is C16H24N2O2. The lowest BCUT2D eigenvalue weighted by Crippen LogP contribution is -2.51. The Bertz CT molecular complexity index is 454. The summed E-state index contributed by atoms with van der Waals surface area (Å²) in [5.74, 6) is 0.372. The summed E-state index contributed by atoms with van der Waals surface area (Å²) >= 11 is 0. The van der Waals surface area contributed by atoms with Crippen molar-refractivity contribution in [2.45, 2.75) is 32.7 Å². The lowest BCUT2D eigenvalue weighted by Gasteiger charge is -2.37. The van der Waals surface area contributed by atoms with E-state index in [1.54, 1.807) is 18.2 Å². The van der Waals surface area contributed by atoms with E-state index in [0.29, 0.717) is 12.5 Å². The van der Waals surface area contributed by atoms with Gasteiger partial charge in [0.15, 0.2) is 0 Å². The van der Waals surface area contributed by atoms with Crippen molar-refractivity contribution in [1.82, 2.24) is 9.80 Å². The van der Waals surface area contributed by atoms with Gasteiger partial charge in [-0.3, -0.25) is 9.69 Å². The molecule has 2 rings (SSSR count). The van der Waals surface area contributed by atoms with E-state index >= 15 is 0 Å². The lowest BCUT2D eigenvalue weighted by molar-refractivity contribution is -0.132. The van der Waals surface area contributed by atoms with Crippen LogP contribution in [0.5, 0.6) is 5.75 Å². The number of carbonyl (C=O) groups is 1. The van der Waals surface area contributed by atoms with Gasteiger partial charge in [-0.15, -0.1) is 0 Å². The predicted molar refractivity (Wildman–Crippen MR) is 79.7 cm³/mol. The van der Waals surface area contributed by atoms with Crippen molar-refractivity contribution in [2.75, 3.05) is 26.2 Å². The Morgan fingerprint density at radius 2 is 2.00 bits per heavy atom. The molecule has 0 aromatic heterocycles. The smallest absolute Gasteiger partial charge is 0.227 e. The monoisotopic (exact) mass is 276 g/mol. The summed E-state index contributed by atoms with van der Waals surface area (Å²) in [5.41, 5.74) is 0.874. The Labute approximate surface area is 121 Å². The molecular weight excluding hydrogens is 252 g/mol. The Morgan fingerprint density at radius 3 is 2.60 bits per heavy atom. The molecule has 4 heteroatoms. The van der Waals surface area contributed by atoms with E-state index in [1.165, 1.54) is 0 Å². The molecule has 0 aliphatic carbocycles. The van der Waals surface area contributed by atoms with Crippen LogP contribution in [0.3, 0.4) is 0 Å². The molecule has 110 valence electrons. The zero-order chi connectivity index (χ0) is 14.5. The Kier molecular flexibility index (Phi) is 5.01. The largest absolute Gasteiger partial charge is 0.508 e. The molecule has 1 saturated heterocycles. The van der Waals surface area contributed by atoms with Crippen molar-refractivity contribution in [3.05, 3.63) is 29.8 Å². The van der Waals surface area contributed by atoms with Gasteiger partial charge >= 0.3 is 0 Å². The SMILES string of the molecule is CCC(C)N1CCN(C(=O)Cc2cccc(O)c2)CC1. The first-order valence-corrected chi connectivity index (χ1v) is 7.40. The van der Waals surface area contributed by atoms with Crippen LogP contribution in [0.15, 0.2) is 24.3 Å². The third-order valence-corrected chi connectivity index (χ3v) is 4.15. The van der Waals surface area contributed by atoms with Crippen LogP contribution in [0.25, 0.3) is 0 Å². The van der Waals surface area contributed by atoms with Gasteiger partial charge in [0.25, 0.3) is 0 Å². The minimum atomic E-state index is 0.152. The summed E-state index contributed by atoms with van der Waals surface area (Å²) < 4.78 is 0. The molecule has 1 aliphatic rings. The molecule has 1 N–H and O–H groups in total. The lowest BCUT2D eigenvalue weighted by atomic mass is 10.1. The summed E-state index contributed by atoms with van der Waals surface area (Å²) in [4.78, 5) is 16.6. The van der Waals surface area contributed by atoms with Gasteiger partial charge in [-0.25, -0.2) is 0 Å². The van der Waals surface area contributed by atoms with Crippen molar-refractivity contribution in [1.29, 1.82) is 0 Å². The maximum absolute atomic E-state index is 12.3. The topological polar surface area (TPSA) is 43.8 Å². The van der Waals surface area contributed by atoms with Crippen LogP contribution in [-0.4, -0.2) is 53.0 Å². The summed E-state index contributed by atoms with van der Waals surface area (Å²) in [5, 5.41) is 9.43. The summed E-state index contributed by atoms with van der Waals surface area (Å²) in [6, 6.07) is 7.54. The molecule has 1 unspecified atom stereocenters. The highest BCUT2D eigenvalue weighted by Crippen LogP contribution is 2.14. The number of phenols is 1. The predicted octanol–water partition coefficient (Wildman–Crippen LogP) is 1.88. The van der Waals surface area contributed by atoms with E-state index < -0.39 is 0 Å². The van der Waals surface area contributed by atoms with Crippen molar-refractivity contribution < 1.29 is 9.90 Å². The van der Waals surface area contributed by atoms with E-state index in [1.807, 2.05) is 11.0 Å². The van der Waals surface area contributed by atoms with E-state index in [0.717, 1.165) is 38.2 Å². The molecule has 0 radical (unpaired) electrons. The van der Waals surface area contributed by atoms with Crippen molar-refractivity contribution in [3.8, 4) is 5.75 Å². The van der Waals surface area contributed by atoms with Gasteiger partial charge < -0.3 is 10.0 Å². The number of rotatable bonds is 4. The molecule has 1 atom stereocenters. The number of piperazine rings is 1. The number of hydrogen-bond acceptors (Lipinski definition) is 3. The van der Waals surface area contributed by atoms with Gasteiger partial charge in [0.05, 0.1) is 6.42 Å². The van der Waals surface area contributed by atoms with Crippen LogP contribution in [0.4, 0.5) is 0 Å². The Balaban J connectivity index is 1.86. The van der Waals surface area contributed by atoms with Crippen LogP contribution in [0.1, 0.15) is 25.8 Å². The average molecular weight is 276 g/mol. The van der Waals surface area contributed by atoms with Crippen LogP contribution >= 0.6 is 0 Å². The molecule has 0 spiro atoms. The highest BCUT2D eigenvalue weighted by molar-refractivity contribution is 5.79. The van der Waals surface area contributed by atoms with E-state index in [2.05, 4.69) is 18.7 Å². The fraction of sp³-hybridized carbons (Fsp3) is 0.562. The van der Waals surface area contributed by atoms with Crippen molar-refractivity contribution >= 4 is 5.91 Å². The first kappa shape index (κ1) is 14.9. The standard InChI is InChI=1S/C16H24N2O2/c1-3-13(2)17-7-9-18(10-8-17)16(20)12-14-5-4-6-15(19)11-14/h4-6,11,13,19H,3,7-10,12H2,1-2H3. The number of phenolic OH excluding ortho intramolecular Hbond substituents is 1. The number of benzene rings is 1. The normalized spacial score (nSPS) is 18.0. The van der Waals surface area contributed by atoms with Gasteiger partial charge in [0.1, 0.15) is 5.75 Å². The Hall–Kier alpha value is -1.55. The highest BCUT2D eigenvalue weighted by atomic mass is 16.3. The minimum absolute atomic E-state index is 0.152. The summed E-state index contributed by atoms with van der Waals surface area (Å²) in [6.07, 6.45) is 1.52. The van der Waals surface area contributed by atoms with Crippen LogP contribution in [-0.2, 0) is 11.2 Å². The van der Waals surface area contributed by atoms with E-state index in [4.69, 9.17) is 0 Å². The molecule has 1 amide bonds. The van der Waals surface area contributed by atoms with Crippen molar-refractivity contribution in [3.63, 3.8) is 0 Å². The molecule has 0 saturated carbocycles. The Morgan fingerprint density at radius 1 is 1.30 bits per heavy atom. The number of nitrogens with zero attached hydrogens (tertiary/aromatic N) is 2. The average Bonchev–Trinajstić information content (AvgIpc) is 2.46. The fourth-order valence-corrected chi connectivity index (χ4v) is 2.62. The number of aromatic hydroxyl groups is 1. The molecule has 4 nitrogen and oxygen atoms in total. The molecule has 0 bridgehead atoms. The molecule has 1 aromatic carbocycles. The molecule has 1 aromatic rings. The molecule has 1 aliphatic heterocycles. The second kappa shape index (κ2) is 6.75. The van der Waals surface area contributed by atoms with Gasteiger partial charge in [0.2, 0.25) is 5.91 Å². The van der Waals surface area contributed by atoms with E-state index in [9.17, 15) is 9.90 Å². The van der Waals surface area contributed by atoms with Gasteiger partial charge in [-0.2, -0.15) is 0 Å². The van der Waals surface area contributed by atoms with Gasteiger partial charge in [-0.05, 0) is 31.0 Å². The number of hydrogen-bond donors (Lipinski definition) is 1. The van der Waals surface area contributed by atoms with Crippen molar-refractivity contribution in [2.24, 2.45) is 0 Å². The summed E-state index contributed by atoms with van der Waals surface area (Å²) in [6.45, 7) is 7.97. The third-order valence-electron chi connectivity index (χ3n) is 4.15. The van der Waals surface area contributed by atoms with E-state index in [-0.39, 0.29) is 11.7 Å². The first-order valence-electron chi connectivity index (χ1n) is 7.40. The summed E-state index contributed by atoms with van der Waals surface area (Å²) in [7, 11) is 0. The minimum Gasteiger partial charge on any atom is -0.508 e. The zero-order valence-corrected chi connectivity index (χ0v) is 12.4. The van der Waals surface area contributed by atoms with Gasteiger partial charge in [-0.1, -0.05) is 19.1 Å². The molecule has 1 heterocycles. The quantitative estimate of drug-likeness (QED) is 0.913. The number of carbonyl (C=O) groups excluding carboxylic acids is 1. The molecule has 20 heavy (non-hydrogen) atoms.